The maximum Gasteiger partial charge on any atom is 0.118 e. The van der Waals surface area contributed by atoms with E-state index in [1.807, 2.05) is 12.1 Å². The third-order valence-corrected chi connectivity index (χ3v) is 4.53. The number of hydrogen-bond acceptors (Lipinski definition) is 1. The molecule has 1 nitrogen and oxygen atoms in total. The van der Waals surface area contributed by atoms with Crippen LogP contribution in [0.25, 0.3) is 10.8 Å². The molecule has 1 unspecified atom stereocenters. The first kappa shape index (κ1) is 13.2. The van der Waals surface area contributed by atoms with Gasteiger partial charge in [0.1, 0.15) is 5.75 Å². The van der Waals surface area contributed by atoms with Crippen LogP contribution in [0.2, 0.25) is 0 Å². The second-order valence-electron chi connectivity index (χ2n) is 4.74. The number of ether oxygens (including phenoxy) is 1. The number of alkyl halides is 1. The topological polar surface area (TPSA) is 9.23 Å². The van der Waals surface area contributed by atoms with Crippen LogP contribution >= 0.6 is 15.9 Å². The first-order valence-electron chi connectivity index (χ1n) is 6.54. The second-order valence-corrected chi connectivity index (χ2v) is 5.66. The molecule has 3 rings (SSSR count). The van der Waals surface area contributed by atoms with Crippen molar-refractivity contribution in [3.8, 4) is 5.75 Å². The molecule has 0 spiro atoms. The summed E-state index contributed by atoms with van der Waals surface area (Å²) in [4.78, 5) is 0.193. The molecule has 0 amide bonds. The summed E-state index contributed by atoms with van der Waals surface area (Å²) in [6.45, 7) is 0. The van der Waals surface area contributed by atoms with Gasteiger partial charge in [-0.25, -0.2) is 0 Å². The van der Waals surface area contributed by atoms with Crippen molar-refractivity contribution < 1.29 is 4.74 Å². The summed E-state index contributed by atoms with van der Waals surface area (Å²) in [7, 11) is 1.68. The molecule has 0 aliphatic carbocycles. The summed E-state index contributed by atoms with van der Waals surface area (Å²) < 4.78 is 5.20. The Kier molecular flexibility index (Phi) is 3.75. The summed E-state index contributed by atoms with van der Waals surface area (Å²) in [6.07, 6.45) is 0. The standard InChI is InChI=1S/C18H15BrO/c1-20-17-10-8-14(9-11-17)18(19)16-7-6-13-4-2-3-5-15(13)12-16/h2-12,18H,1H3. The van der Waals surface area contributed by atoms with Crippen LogP contribution in [0.3, 0.4) is 0 Å². The lowest BCUT2D eigenvalue weighted by atomic mass is 10.0. The molecule has 0 aliphatic heterocycles. The van der Waals surface area contributed by atoms with Crippen LogP contribution < -0.4 is 4.74 Å². The number of fused-ring (bicyclic) bond motifs is 1. The Balaban J connectivity index is 1.96. The van der Waals surface area contributed by atoms with E-state index in [0.717, 1.165) is 5.75 Å². The van der Waals surface area contributed by atoms with E-state index in [1.54, 1.807) is 7.11 Å². The minimum Gasteiger partial charge on any atom is -0.497 e. The van der Waals surface area contributed by atoms with Crippen LogP contribution in [0.5, 0.6) is 5.75 Å². The van der Waals surface area contributed by atoms with Gasteiger partial charge in [-0.1, -0.05) is 64.5 Å². The van der Waals surface area contributed by atoms with Crippen molar-refractivity contribution in [1.29, 1.82) is 0 Å². The highest BCUT2D eigenvalue weighted by Gasteiger charge is 2.10. The van der Waals surface area contributed by atoms with Crippen molar-refractivity contribution in [2.24, 2.45) is 0 Å². The van der Waals surface area contributed by atoms with Gasteiger partial charge in [-0.3, -0.25) is 0 Å². The maximum atomic E-state index is 5.20. The van der Waals surface area contributed by atoms with E-state index in [1.165, 1.54) is 21.9 Å². The van der Waals surface area contributed by atoms with E-state index < -0.39 is 0 Å². The molecule has 0 aromatic heterocycles. The fourth-order valence-corrected chi connectivity index (χ4v) is 2.92. The van der Waals surface area contributed by atoms with E-state index in [-0.39, 0.29) is 4.83 Å². The molecular formula is C18H15BrO. The molecule has 100 valence electrons. The molecule has 0 bridgehead atoms. The van der Waals surface area contributed by atoms with E-state index >= 15 is 0 Å². The van der Waals surface area contributed by atoms with E-state index in [0.29, 0.717) is 0 Å². The summed E-state index contributed by atoms with van der Waals surface area (Å²) in [5.74, 6) is 0.881. The average molecular weight is 327 g/mol. The number of rotatable bonds is 3. The van der Waals surface area contributed by atoms with Gasteiger partial charge in [0.2, 0.25) is 0 Å². The molecule has 0 radical (unpaired) electrons. The average Bonchev–Trinajstić information content (AvgIpc) is 2.54. The molecule has 0 fully saturated rings. The number of benzene rings is 3. The Morgan fingerprint density at radius 3 is 2.15 bits per heavy atom. The zero-order valence-electron chi connectivity index (χ0n) is 11.2. The zero-order chi connectivity index (χ0) is 13.9. The van der Waals surface area contributed by atoms with Crippen molar-refractivity contribution in [2.75, 3.05) is 7.11 Å². The minimum atomic E-state index is 0.193. The maximum absolute atomic E-state index is 5.20. The van der Waals surface area contributed by atoms with Gasteiger partial charge in [0, 0.05) is 0 Å². The van der Waals surface area contributed by atoms with Crippen LogP contribution in [0, 0.1) is 0 Å². The first-order valence-corrected chi connectivity index (χ1v) is 7.46. The lowest BCUT2D eigenvalue weighted by Gasteiger charge is -2.12. The minimum absolute atomic E-state index is 0.193. The van der Waals surface area contributed by atoms with Crippen LogP contribution in [0.1, 0.15) is 16.0 Å². The fraction of sp³-hybridized carbons (Fsp3) is 0.111. The monoisotopic (exact) mass is 326 g/mol. The summed E-state index contributed by atoms with van der Waals surface area (Å²) >= 11 is 3.79. The largest absolute Gasteiger partial charge is 0.497 e. The van der Waals surface area contributed by atoms with Crippen molar-refractivity contribution in [3.63, 3.8) is 0 Å². The zero-order valence-corrected chi connectivity index (χ0v) is 12.8. The molecule has 0 saturated heterocycles. The molecule has 3 aromatic rings. The Labute approximate surface area is 127 Å². The quantitative estimate of drug-likeness (QED) is 0.591. The van der Waals surface area contributed by atoms with Gasteiger partial charge in [-0.15, -0.1) is 0 Å². The fourth-order valence-electron chi connectivity index (χ4n) is 2.33. The second kappa shape index (κ2) is 5.68. The molecule has 0 N–H and O–H groups in total. The third-order valence-electron chi connectivity index (χ3n) is 3.47. The molecule has 0 heterocycles. The number of hydrogen-bond donors (Lipinski definition) is 0. The van der Waals surface area contributed by atoms with Crippen LogP contribution in [0.4, 0.5) is 0 Å². The van der Waals surface area contributed by atoms with Crippen LogP contribution in [-0.4, -0.2) is 7.11 Å². The molecule has 3 aromatic carbocycles. The third kappa shape index (κ3) is 2.56. The number of halogens is 1. The summed E-state index contributed by atoms with van der Waals surface area (Å²) in [6, 6.07) is 23.2. The van der Waals surface area contributed by atoms with Gasteiger partial charge in [0.25, 0.3) is 0 Å². The SMILES string of the molecule is COc1ccc(C(Br)c2ccc3ccccc3c2)cc1. The summed E-state index contributed by atoms with van der Waals surface area (Å²) in [5.41, 5.74) is 2.48. The molecule has 0 saturated carbocycles. The van der Waals surface area contributed by atoms with Gasteiger partial charge >= 0.3 is 0 Å². The highest BCUT2D eigenvalue weighted by Crippen LogP contribution is 2.33. The highest BCUT2D eigenvalue weighted by molar-refractivity contribution is 9.09. The van der Waals surface area contributed by atoms with Gasteiger partial charge in [0.05, 0.1) is 11.9 Å². The Morgan fingerprint density at radius 2 is 1.45 bits per heavy atom. The smallest absolute Gasteiger partial charge is 0.118 e. The van der Waals surface area contributed by atoms with E-state index in [9.17, 15) is 0 Å². The Morgan fingerprint density at radius 1 is 0.800 bits per heavy atom. The van der Waals surface area contributed by atoms with Crippen molar-refractivity contribution >= 4 is 26.7 Å². The predicted octanol–water partition coefficient (Wildman–Crippen LogP) is 5.33. The van der Waals surface area contributed by atoms with Crippen LogP contribution in [-0.2, 0) is 0 Å². The lowest BCUT2D eigenvalue weighted by molar-refractivity contribution is 0.414. The van der Waals surface area contributed by atoms with Crippen molar-refractivity contribution in [1.82, 2.24) is 0 Å². The first-order chi connectivity index (χ1) is 9.78. The highest BCUT2D eigenvalue weighted by atomic mass is 79.9. The van der Waals surface area contributed by atoms with E-state index in [2.05, 4.69) is 70.5 Å². The Bertz CT molecular complexity index is 719. The van der Waals surface area contributed by atoms with Crippen molar-refractivity contribution in [2.45, 2.75) is 4.83 Å². The lowest BCUT2D eigenvalue weighted by Crippen LogP contribution is -1.93. The molecule has 0 aliphatic rings. The van der Waals surface area contributed by atoms with Crippen LogP contribution in [0.15, 0.2) is 66.7 Å². The van der Waals surface area contributed by atoms with Gasteiger partial charge < -0.3 is 4.74 Å². The van der Waals surface area contributed by atoms with Gasteiger partial charge in [0.15, 0.2) is 0 Å². The van der Waals surface area contributed by atoms with Crippen molar-refractivity contribution in [3.05, 3.63) is 77.9 Å². The molecule has 1 atom stereocenters. The Hall–Kier alpha value is -1.80. The predicted molar refractivity (Wildman–Crippen MR) is 87.7 cm³/mol. The summed E-state index contributed by atoms with van der Waals surface area (Å²) in [5, 5.41) is 2.54. The van der Waals surface area contributed by atoms with Gasteiger partial charge in [-0.2, -0.15) is 0 Å². The van der Waals surface area contributed by atoms with E-state index in [4.69, 9.17) is 4.74 Å². The normalized spacial score (nSPS) is 12.3. The molecule has 20 heavy (non-hydrogen) atoms. The molecular weight excluding hydrogens is 312 g/mol. The van der Waals surface area contributed by atoms with Gasteiger partial charge in [-0.05, 0) is 40.1 Å². The molecule has 2 heteroatoms. The number of methoxy groups -OCH3 is 1.